The summed E-state index contributed by atoms with van der Waals surface area (Å²) in [5, 5.41) is 8.36. The molecule has 0 spiro atoms. The Bertz CT molecular complexity index is 581. The first-order valence-corrected chi connectivity index (χ1v) is 6.17. The van der Waals surface area contributed by atoms with Gasteiger partial charge in [0.2, 0.25) is 5.89 Å². The largest absolute Gasteiger partial charge is 0.339 e. The lowest BCUT2D eigenvalue weighted by Gasteiger charge is -2.07. The number of nitrogens with two attached hydrogens (primary N) is 1. The Morgan fingerprint density at radius 3 is 2.67 bits per heavy atom. The molecule has 1 aliphatic rings. The van der Waals surface area contributed by atoms with E-state index in [0.717, 1.165) is 35.7 Å². The molecule has 1 saturated carbocycles. The Morgan fingerprint density at radius 2 is 2.11 bits per heavy atom. The normalized spacial score (nSPS) is 17.1. The van der Waals surface area contributed by atoms with E-state index in [-0.39, 0.29) is 6.04 Å². The van der Waals surface area contributed by atoms with Crippen molar-refractivity contribution in [1.82, 2.24) is 19.9 Å². The van der Waals surface area contributed by atoms with E-state index in [0.29, 0.717) is 11.7 Å². The molecule has 1 aliphatic carbocycles. The van der Waals surface area contributed by atoms with Crippen LogP contribution in [0.3, 0.4) is 0 Å². The van der Waals surface area contributed by atoms with Gasteiger partial charge in [-0.1, -0.05) is 5.16 Å². The molecule has 2 aromatic rings. The summed E-state index contributed by atoms with van der Waals surface area (Å²) in [6.45, 7) is 3.95. The molecule has 2 heterocycles. The van der Waals surface area contributed by atoms with Crippen LogP contribution in [0.25, 0.3) is 0 Å². The maximum Gasteiger partial charge on any atom is 0.229 e. The van der Waals surface area contributed by atoms with Crippen LogP contribution in [0.15, 0.2) is 4.52 Å². The molecule has 2 aromatic heterocycles. The van der Waals surface area contributed by atoms with E-state index >= 15 is 0 Å². The van der Waals surface area contributed by atoms with Crippen LogP contribution in [0, 0.1) is 13.8 Å². The second-order valence-corrected chi connectivity index (χ2v) is 4.95. The minimum atomic E-state index is -0.366. The summed E-state index contributed by atoms with van der Waals surface area (Å²) >= 11 is 0. The Kier molecular flexibility index (Phi) is 2.48. The number of nitrogens with zero attached hydrogens (tertiary/aromatic N) is 4. The van der Waals surface area contributed by atoms with Crippen molar-refractivity contribution in [1.29, 1.82) is 0 Å². The van der Waals surface area contributed by atoms with Gasteiger partial charge in [-0.15, -0.1) is 0 Å². The van der Waals surface area contributed by atoms with Crippen molar-refractivity contribution >= 4 is 0 Å². The lowest BCUT2D eigenvalue weighted by Crippen LogP contribution is -2.15. The zero-order valence-electron chi connectivity index (χ0n) is 10.8. The van der Waals surface area contributed by atoms with Crippen LogP contribution in [0.4, 0.5) is 0 Å². The maximum absolute atomic E-state index is 6.23. The summed E-state index contributed by atoms with van der Waals surface area (Å²) in [4.78, 5) is 4.40. The molecular formula is C12H17N5O. The number of hydrogen-bond acceptors (Lipinski definition) is 5. The standard InChI is InChI=1S/C12H17N5O/c1-6-9(7(2)17(3)15-6)10(13)11-14-12(18-16-11)8-4-5-8/h8,10H,4-5,13H2,1-3H3. The lowest BCUT2D eigenvalue weighted by atomic mass is 10.1. The smallest absolute Gasteiger partial charge is 0.229 e. The third-order valence-electron chi connectivity index (χ3n) is 3.54. The molecule has 1 unspecified atom stereocenters. The van der Waals surface area contributed by atoms with Crippen molar-refractivity contribution in [3.05, 3.63) is 28.7 Å². The van der Waals surface area contributed by atoms with Gasteiger partial charge in [0.25, 0.3) is 0 Å². The third kappa shape index (κ3) is 1.73. The molecule has 6 heteroatoms. The molecular weight excluding hydrogens is 230 g/mol. The second-order valence-electron chi connectivity index (χ2n) is 4.95. The molecule has 0 aliphatic heterocycles. The molecule has 1 atom stereocenters. The zero-order chi connectivity index (χ0) is 12.9. The van der Waals surface area contributed by atoms with Gasteiger partial charge in [-0.25, -0.2) is 0 Å². The first-order valence-electron chi connectivity index (χ1n) is 6.17. The SMILES string of the molecule is Cc1nn(C)c(C)c1C(N)c1noc(C2CC2)n1. The molecule has 18 heavy (non-hydrogen) atoms. The van der Waals surface area contributed by atoms with Crippen LogP contribution in [0.2, 0.25) is 0 Å². The molecule has 0 amide bonds. The van der Waals surface area contributed by atoms with Gasteiger partial charge in [0.05, 0.1) is 11.7 Å². The molecule has 0 bridgehead atoms. The van der Waals surface area contributed by atoms with Crippen molar-refractivity contribution in [2.45, 2.75) is 38.6 Å². The third-order valence-corrected chi connectivity index (χ3v) is 3.54. The van der Waals surface area contributed by atoms with Gasteiger partial charge >= 0.3 is 0 Å². The molecule has 0 aromatic carbocycles. The molecule has 0 radical (unpaired) electrons. The van der Waals surface area contributed by atoms with Crippen molar-refractivity contribution < 1.29 is 4.52 Å². The minimum Gasteiger partial charge on any atom is -0.339 e. The Hall–Kier alpha value is -1.69. The second kappa shape index (κ2) is 3.91. The highest BCUT2D eigenvalue weighted by Gasteiger charge is 2.31. The highest BCUT2D eigenvalue weighted by molar-refractivity contribution is 5.32. The van der Waals surface area contributed by atoms with Crippen LogP contribution in [-0.4, -0.2) is 19.9 Å². The van der Waals surface area contributed by atoms with E-state index in [1.54, 1.807) is 0 Å². The minimum absolute atomic E-state index is 0.366. The van der Waals surface area contributed by atoms with Crippen LogP contribution in [-0.2, 0) is 7.05 Å². The fourth-order valence-corrected chi connectivity index (χ4v) is 2.24. The molecule has 1 fully saturated rings. The Balaban J connectivity index is 1.94. The Morgan fingerprint density at radius 1 is 1.39 bits per heavy atom. The zero-order valence-corrected chi connectivity index (χ0v) is 10.8. The van der Waals surface area contributed by atoms with E-state index in [2.05, 4.69) is 15.2 Å². The average molecular weight is 247 g/mol. The van der Waals surface area contributed by atoms with Gasteiger partial charge in [-0.2, -0.15) is 10.1 Å². The van der Waals surface area contributed by atoms with Gasteiger partial charge in [-0.3, -0.25) is 4.68 Å². The van der Waals surface area contributed by atoms with Crippen LogP contribution in [0.5, 0.6) is 0 Å². The van der Waals surface area contributed by atoms with E-state index in [1.165, 1.54) is 0 Å². The molecule has 96 valence electrons. The number of hydrogen-bond donors (Lipinski definition) is 1. The van der Waals surface area contributed by atoms with E-state index in [9.17, 15) is 0 Å². The summed E-state index contributed by atoms with van der Waals surface area (Å²) in [7, 11) is 1.91. The first-order chi connectivity index (χ1) is 8.58. The quantitative estimate of drug-likeness (QED) is 0.885. The molecule has 2 N–H and O–H groups in total. The average Bonchev–Trinajstić information content (AvgIpc) is 3.00. The van der Waals surface area contributed by atoms with Crippen LogP contribution >= 0.6 is 0 Å². The topological polar surface area (TPSA) is 82.8 Å². The summed E-state index contributed by atoms with van der Waals surface area (Å²) in [6, 6.07) is -0.366. The van der Waals surface area contributed by atoms with E-state index in [1.807, 2.05) is 25.6 Å². The molecule has 3 rings (SSSR count). The van der Waals surface area contributed by atoms with Crippen molar-refractivity contribution in [2.75, 3.05) is 0 Å². The number of aryl methyl sites for hydroxylation is 2. The highest BCUT2D eigenvalue weighted by atomic mass is 16.5. The maximum atomic E-state index is 6.23. The number of aromatic nitrogens is 4. The van der Waals surface area contributed by atoms with Gasteiger partial charge < -0.3 is 10.3 Å². The summed E-state index contributed by atoms with van der Waals surface area (Å²) in [5.74, 6) is 1.73. The predicted octanol–water partition coefficient (Wildman–Crippen LogP) is 1.35. The van der Waals surface area contributed by atoms with Gasteiger partial charge in [-0.05, 0) is 26.7 Å². The molecule has 6 nitrogen and oxygen atoms in total. The fraction of sp³-hybridized carbons (Fsp3) is 0.583. The fourth-order valence-electron chi connectivity index (χ4n) is 2.24. The van der Waals surface area contributed by atoms with Gasteiger partial charge in [0.15, 0.2) is 5.82 Å². The summed E-state index contributed by atoms with van der Waals surface area (Å²) in [6.07, 6.45) is 2.28. The van der Waals surface area contributed by atoms with Crippen LogP contribution in [0.1, 0.15) is 53.5 Å². The first kappa shape index (κ1) is 11.4. The molecule has 0 saturated heterocycles. The predicted molar refractivity (Wildman–Crippen MR) is 65.0 cm³/mol. The Labute approximate surface area is 105 Å². The van der Waals surface area contributed by atoms with Crippen molar-refractivity contribution in [3.63, 3.8) is 0 Å². The summed E-state index contributed by atoms with van der Waals surface area (Å²) in [5.41, 5.74) is 9.17. The monoisotopic (exact) mass is 247 g/mol. The van der Waals surface area contributed by atoms with Gasteiger partial charge in [0, 0.05) is 24.2 Å². The lowest BCUT2D eigenvalue weighted by molar-refractivity contribution is 0.372. The van der Waals surface area contributed by atoms with Crippen LogP contribution < -0.4 is 5.73 Å². The van der Waals surface area contributed by atoms with Crippen molar-refractivity contribution in [3.8, 4) is 0 Å². The van der Waals surface area contributed by atoms with Gasteiger partial charge in [0.1, 0.15) is 0 Å². The van der Waals surface area contributed by atoms with E-state index in [4.69, 9.17) is 10.3 Å². The van der Waals surface area contributed by atoms with Crippen molar-refractivity contribution in [2.24, 2.45) is 12.8 Å². The van der Waals surface area contributed by atoms with E-state index < -0.39 is 0 Å². The summed E-state index contributed by atoms with van der Waals surface area (Å²) < 4.78 is 7.08. The number of rotatable bonds is 3. The highest BCUT2D eigenvalue weighted by Crippen LogP contribution is 2.39.